The molecule has 0 amide bonds. The average molecular weight is 273 g/mol. The second-order valence-corrected chi connectivity index (χ2v) is 4.59. The van der Waals surface area contributed by atoms with Gasteiger partial charge in [0.2, 0.25) is 0 Å². The summed E-state index contributed by atoms with van der Waals surface area (Å²) in [5.41, 5.74) is 0.447. The monoisotopic (exact) mass is 273 g/mol. The van der Waals surface area contributed by atoms with E-state index in [1.54, 1.807) is 6.92 Å². The Morgan fingerprint density at radius 2 is 1.90 bits per heavy atom. The molecule has 2 aromatic rings. The number of rotatable bonds is 5. The molecule has 1 aromatic carbocycles. The van der Waals surface area contributed by atoms with E-state index >= 15 is 0 Å². The number of hydrogen-bond donors (Lipinski definition) is 2. The summed E-state index contributed by atoms with van der Waals surface area (Å²) < 4.78 is 1.16. The van der Waals surface area contributed by atoms with Crippen molar-refractivity contribution in [3.8, 4) is 0 Å². The number of aromatic amines is 1. The molecule has 1 atom stereocenters. The maximum Gasteiger partial charge on any atom is 0.329 e. The van der Waals surface area contributed by atoms with Crippen LogP contribution in [0, 0.1) is 0 Å². The van der Waals surface area contributed by atoms with Crippen molar-refractivity contribution >= 4 is 5.82 Å². The maximum atomic E-state index is 11.8. The third-order valence-corrected chi connectivity index (χ3v) is 3.28. The Hall–Kier alpha value is -2.30. The van der Waals surface area contributed by atoms with E-state index in [9.17, 15) is 9.59 Å². The van der Waals surface area contributed by atoms with Gasteiger partial charge in [-0.1, -0.05) is 37.3 Å². The molecule has 5 nitrogen and oxygen atoms in total. The van der Waals surface area contributed by atoms with Crippen LogP contribution < -0.4 is 16.6 Å². The standard InChI is InChI=1S/C15H19N3O2/c1-3-12(11-8-6-5-7-9-11)16-13-10-14(19)18(4-2)15(20)17-13/h5-10,12,16H,3-4H2,1-2H3,(H,17,20). The molecule has 106 valence electrons. The van der Waals surface area contributed by atoms with Crippen LogP contribution in [0.15, 0.2) is 46.0 Å². The van der Waals surface area contributed by atoms with Gasteiger partial charge in [-0.25, -0.2) is 4.79 Å². The van der Waals surface area contributed by atoms with Gasteiger partial charge in [0, 0.05) is 12.6 Å². The number of nitrogens with zero attached hydrogens (tertiary/aromatic N) is 1. The maximum absolute atomic E-state index is 11.8. The highest BCUT2D eigenvalue weighted by molar-refractivity contribution is 5.37. The van der Waals surface area contributed by atoms with Crippen LogP contribution in [0.3, 0.4) is 0 Å². The molecule has 20 heavy (non-hydrogen) atoms. The second kappa shape index (κ2) is 6.23. The van der Waals surface area contributed by atoms with Crippen molar-refractivity contribution in [3.63, 3.8) is 0 Å². The van der Waals surface area contributed by atoms with E-state index in [0.717, 1.165) is 16.6 Å². The molecule has 0 aliphatic carbocycles. The molecule has 5 heteroatoms. The van der Waals surface area contributed by atoms with Gasteiger partial charge in [-0.3, -0.25) is 14.3 Å². The molecule has 2 N–H and O–H groups in total. The molecule has 0 spiro atoms. The molecule has 0 aliphatic rings. The zero-order chi connectivity index (χ0) is 14.5. The molecule has 0 saturated carbocycles. The van der Waals surface area contributed by atoms with Crippen molar-refractivity contribution in [1.82, 2.24) is 9.55 Å². The van der Waals surface area contributed by atoms with Crippen molar-refractivity contribution in [2.24, 2.45) is 0 Å². The Balaban J connectivity index is 2.29. The Bertz CT molecular complexity index is 642. The van der Waals surface area contributed by atoms with Crippen molar-refractivity contribution in [1.29, 1.82) is 0 Å². The molecule has 0 saturated heterocycles. The van der Waals surface area contributed by atoms with Gasteiger partial charge < -0.3 is 5.32 Å². The minimum atomic E-state index is -0.384. The normalized spacial score (nSPS) is 12.1. The van der Waals surface area contributed by atoms with E-state index in [0.29, 0.717) is 12.4 Å². The second-order valence-electron chi connectivity index (χ2n) is 4.59. The fourth-order valence-electron chi connectivity index (χ4n) is 2.19. The van der Waals surface area contributed by atoms with Gasteiger partial charge in [-0.2, -0.15) is 0 Å². The molecule has 0 radical (unpaired) electrons. The topological polar surface area (TPSA) is 66.9 Å². The Morgan fingerprint density at radius 1 is 1.20 bits per heavy atom. The van der Waals surface area contributed by atoms with Gasteiger partial charge in [-0.15, -0.1) is 0 Å². The van der Waals surface area contributed by atoms with Crippen LogP contribution >= 0.6 is 0 Å². The number of hydrogen-bond acceptors (Lipinski definition) is 3. The molecule has 0 bridgehead atoms. The first kappa shape index (κ1) is 14.1. The summed E-state index contributed by atoms with van der Waals surface area (Å²) in [6.07, 6.45) is 0.850. The van der Waals surface area contributed by atoms with Gasteiger partial charge in [0.25, 0.3) is 5.56 Å². The summed E-state index contributed by atoms with van der Waals surface area (Å²) in [5, 5.41) is 3.21. The molecular weight excluding hydrogens is 254 g/mol. The summed E-state index contributed by atoms with van der Waals surface area (Å²) in [5.74, 6) is 0.459. The minimum absolute atomic E-state index is 0.0590. The third-order valence-electron chi connectivity index (χ3n) is 3.28. The highest BCUT2D eigenvalue weighted by Crippen LogP contribution is 2.19. The van der Waals surface area contributed by atoms with Crippen molar-refractivity contribution in [2.45, 2.75) is 32.9 Å². The lowest BCUT2D eigenvalue weighted by molar-refractivity contribution is 0.668. The molecule has 2 rings (SSSR count). The Labute approximate surface area is 117 Å². The van der Waals surface area contributed by atoms with Crippen LogP contribution in [0.2, 0.25) is 0 Å². The van der Waals surface area contributed by atoms with Crippen LogP contribution in [0.25, 0.3) is 0 Å². The van der Waals surface area contributed by atoms with Crippen molar-refractivity contribution < 1.29 is 0 Å². The van der Waals surface area contributed by atoms with E-state index in [4.69, 9.17) is 0 Å². The number of aromatic nitrogens is 2. The Morgan fingerprint density at radius 3 is 2.45 bits per heavy atom. The number of anilines is 1. The fourth-order valence-corrected chi connectivity index (χ4v) is 2.19. The number of H-pyrrole nitrogens is 1. The van der Waals surface area contributed by atoms with Crippen LogP contribution in [-0.4, -0.2) is 9.55 Å². The van der Waals surface area contributed by atoms with Crippen molar-refractivity contribution in [3.05, 3.63) is 62.8 Å². The van der Waals surface area contributed by atoms with Gasteiger partial charge in [0.05, 0.1) is 6.04 Å². The van der Waals surface area contributed by atoms with Crippen LogP contribution in [0.5, 0.6) is 0 Å². The van der Waals surface area contributed by atoms with E-state index in [1.165, 1.54) is 6.07 Å². The lowest BCUT2D eigenvalue weighted by atomic mass is 10.0. The smallest absolute Gasteiger partial charge is 0.329 e. The SMILES string of the molecule is CCC(Nc1cc(=O)n(CC)c(=O)[nH]1)c1ccccc1. The number of nitrogens with one attached hydrogen (secondary N) is 2. The van der Waals surface area contributed by atoms with Gasteiger partial charge >= 0.3 is 5.69 Å². The minimum Gasteiger partial charge on any atom is -0.365 e. The highest BCUT2D eigenvalue weighted by atomic mass is 16.2. The van der Waals surface area contributed by atoms with E-state index in [-0.39, 0.29) is 17.3 Å². The molecule has 0 aliphatic heterocycles. The average Bonchev–Trinajstić information content (AvgIpc) is 2.45. The van der Waals surface area contributed by atoms with E-state index < -0.39 is 0 Å². The molecule has 1 aromatic heterocycles. The predicted molar refractivity (Wildman–Crippen MR) is 80.1 cm³/mol. The van der Waals surface area contributed by atoms with Crippen LogP contribution in [0.1, 0.15) is 31.9 Å². The Kier molecular flexibility index (Phi) is 4.40. The summed E-state index contributed by atoms with van der Waals surface area (Å²) >= 11 is 0. The zero-order valence-corrected chi connectivity index (χ0v) is 11.7. The molecular formula is C15H19N3O2. The van der Waals surface area contributed by atoms with Gasteiger partial charge in [-0.05, 0) is 18.9 Å². The van der Waals surface area contributed by atoms with Gasteiger partial charge in [0.15, 0.2) is 0 Å². The predicted octanol–water partition coefficient (Wildman–Crippen LogP) is 2.12. The first-order chi connectivity index (χ1) is 9.65. The molecule has 1 unspecified atom stereocenters. The highest BCUT2D eigenvalue weighted by Gasteiger charge is 2.10. The van der Waals surface area contributed by atoms with Gasteiger partial charge in [0.1, 0.15) is 5.82 Å². The number of benzene rings is 1. The first-order valence-corrected chi connectivity index (χ1v) is 6.81. The largest absolute Gasteiger partial charge is 0.365 e. The fraction of sp³-hybridized carbons (Fsp3) is 0.333. The third kappa shape index (κ3) is 2.99. The molecule has 0 fully saturated rings. The summed E-state index contributed by atoms with van der Waals surface area (Å²) in [7, 11) is 0. The van der Waals surface area contributed by atoms with Crippen molar-refractivity contribution in [2.75, 3.05) is 5.32 Å². The summed E-state index contributed by atoms with van der Waals surface area (Å²) in [6, 6.07) is 11.4. The molecule has 1 heterocycles. The lowest BCUT2D eigenvalue weighted by Crippen LogP contribution is -2.34. The first-order valence-electron chi connectivity index (χ1n) is 6.81. The quantitative estimate of drug-likeness (QED) is 0.877. The van der Waals surface area contributed by atoms with E-state index in [1.807, 2.05) is 30.3 Å². The van der Waals surface area contributed by atoms with E-state index in [2.05, 4.69) is 17.2 Å². The van der Waals surface area contributed by atoms with Crippen LogP contribution in [-0.2, 0) is 6.54 Å². The van der Waals surface area contributed by atoms with Crippen LogP contribution in [0.4, 0.5) is 5.82 Å². The lowest BCUT2D eigenvalue weighted by Gasteiger charge is -2.18. The summed E-state index contributed by atoms with van der Waals surface area (Å²) in [4.78, 5) is 26.3. The summed E-state index contributed by atoms with van der Waals surface area (Å²) in [6.45, 7) is 4.18. The zero-order valence-electron chi connectivity index (χ0n) is 11.7.